The second kappa shape index (κ2) is 11.2. The number of carbonyl (C=O) groups excluding carboxylic acids is 2. The SMILES string of the molecule is COc1cccc(Cn2nccc2NC(=O)CSCC(=O)Nc2cccc(C)c2)c1OC. The first-order valence-electron chi connectivity index (χ1n) is 9.96. The number of para-hydroxylation sites is 1. The third-order valence-electron chi connectivity index (χ3n) is 4.56. The lowest BCUT2D eigenvalue weighted by atomic mass is 10.2. The fourth-order valence-corrected chi connectivity index (χ4v) is 3.76. The van der Waals surface area contributed by atoms with Gasteiger partial charge < -0.3 is 20.1 Å². The van der Waals surface area contributed by atoms with E-state index in [0.717, 1.165) is 16.8 Å². The van der Waals surface area contributed by atoms with E-state index in [0.29, 0.717) is 23.9 Å². The van der Waals surface area contributed by atoms with E-state index in [1.54, 1.807) is 31.2 Å². The third kappa shape index (κ3) is 6.27. The predicted molar refractivity (Wildman–Crippen MR) is 127 cm³/mol. The van der Waals surface area contributed by atoms with Crippen LogP contribution >= 0.6 is 11.8 Å². The van der Waals surface area contributed by atoms with Crippen LogP contribution in [-0.4, -0.2) is 47.3 Å². The Morgan fingerprint density at radius 1 is 1.00 bits per heavy atom. The molecule has 0 aliphatic rings. The summed E-state index contributed by atoms with van der Waals surface area (Å²) < 4.78 is 12.5. The third-order valence-corrected chi connectivity index (χ3v) is 5.49. The number of carbonyl (C=O) groups is 2. The first-order chi connectivity index (χ1) is 15.5. The highest BCUT2D eigenvalue weighted by atomic mass is 32.2. The summed E-state index contributed by atoms with van der Waals surface area (Å²) in [5, 5.41) is 9.97. The average Bonchev–Trinajstić information content (AvgIpc) is 3.19. The molecule has 9 heteroatoms. The van der Waals surface area contributed by atoms with Gasteiger partial charge in [0, 0.05) is 17.3 Å². The summed E-state index contributed by atoms with van der Waals surface area (Å²) in [5.74, 6) is 1.78. The minimum Gasteiger partial charge on any atom is -0.493 e. The lowest BCUT2D eigenvalue weighted by molar-refractivity contribution is -0.114. The molecule has 2 N–H and O–H groups in total. The molecule has 1 heterocycles. The molecule has 32 heavy (non-hydrogen) atoms. The molecule has 0 saturated heterocycles. The Hall–Kier alpha value is -3.46. The number of hydrogen-bond donors (Lipinski definition) is 2. The molecule has 2 aromatic carbocycles. The Kier molecular flexibility index (Phi) is 8.15. The highest BCUT2D eigenvalue weighted by Crippen LogP contribution is 2.31. The number of aryl methyl sites for hydroxylation is 1. The molecule has 1 aromatic heterocycles. The quantitative estimate of drug-likeness (QED) is 0.486. The van der Waals surface area contributed by atoms with Crippen molar-refractivity contribution in [1.29, 1.82) is 0 Å². The van der Waals surface area contributed by atoms with Crippen LogP contribution in [0.5, 0.6) is 11.5 Å². The minimum atomic E-state index is -0.210. The number of thioether (sulfide) groups is 1. The largest absolute Gasteiger partial charge is 0.493 e. The summed E-state index contributed by atoms with van der Waals surface area (Å²) in [7, 11) is 3.17. The molecule has 2 amide bonds. The number of ether oxygens (including phenoxy) is 2. The van der Waals surface area contributed by atoms with Gasteiger partial charge in [0.05, 0.1) is 38.5 Å². The number of nitrogens with one attached hydrogen (secondary N) is 2. The van der Waals surface area contributed by atoms with Crippen molar-refractivity contribution in [3.8, 4) is 11.5 Å². The van der Waals surface area contributed by atoms with E-state index < -0.39 is 0 Å². The van der Waals surface area contributed by atoms with E-state index in [9.17, 15) is 9.59 Å². The number of benzene rings is 2. The summed E-state index contributed by atoms with van der Waals surface area (Å²) >= 11 is 1.25. The fraction of sp³-hybridized carbons (Fsp3) is 0.261. The predicted octanol–water partition coefficient (Wildman–Crippen LogP) is 3.57. The summed E-state index contributed by atoms with van der Waals surface area (Å²) in [4.78, 5) is 24.5. The fourth-order valence-electron chi connectivity index (χ4n) is 3.14. The van der Waals surface area contributed by atoms with Crippen molar-refractivity contribution in [2.45, 2.75) is 13.5 Å². The van der Waals surface area contributed by atoms with Crippen molar-refractivity contribution < 1.29 is 19.1 Å². The zero-order valence-corrected chi connectivity index (χ0v) is 19.1. The molecule has 3 rings (SSSR count). The van der Waals surface area contributed by atoms with Crippen LogP contribution in [0.1, 0.15) is 11.1 Å². The standard InChI is InChI=1S/C23H26N4O4S/c1-16-6-4-8-18(12-16)25-21(28)14-32-15-22(29)26-20-10-11-24-27(20)13-17-7-5-9-19(30-2)23(17)31-3/h4-12H,13-15H2,1-3H3,(H,25,28)(H,26,29). The Labute approximate surface area is 191 Å². The molecule has 0 radical (unpaired) electrons. The van der Waals surface area contributed by atoms with Crippen LogP contribution in [0.4, 0.5) is 11.5 Å². The number of anilines is 2. The van der Waals surface area contributed by atoms with E-state index in [2.05, 4.69) is 15.7 Å². The second-order valence-corrected chi connectivity index (χ2v) is 7.97. The van der Waals surface area contributed by atoms with Crippen LogP contribution in [0, 0.1) is 6.92 Å². The molecule has 0 aliphatic carbocycles. The maximum atomic E-state index is 12.4. The lowest BCUT2D eigenvalue weighted by Gasteiger charge is -2.14. The lowest BCUT2D eigenvalue weighted by Crippen LogP contribution is -2.20. The van der Waals surface area contributed by atoms with Gasteiger partial charge in [0.15, 0.2) is 11.5 Å². The van der Waals surface area contributed by atoms with Crippen LogP contribution in [0.15, 0.2) is 54.7 Å². The Bertz CT molecular complexity index is 1080. The highest BCUT2D eigenvalue weighted by Gasteiger charge is 2.14. The van der Waals surface area contributed by atoms with E-state index in [-0.39, 0.29) is 23.3 Å². The molecule has 0 atom stereocenters. The van der Waals surface area contributed by atoms with Gasteiger partial charge in [0.25, 0.3) is 0 Å². The van der Waals surface area contributed by atoms with Gasteiger partial charge >= 0.3 is 0 Å². The summed E-state index contributed by atoms with van der Waals surface area (Å²) in [6.45, 7) is 2.36. The highest BCUT2D eigenvalue weighted by molar-refractivity contribution is 8.00. The number of nitrogens with zero attached hydrogens (tertiary/aromatic N) is 2. The van der Waals surface area contributed by atoms with E-state index in [4.69, 9.17) is 9.47 Å². The first-order valence-corrected chi connectivity index (χ1v) is 11.1. The molecule has 0 saturated carbocycles. The minimum absolute atomic E-state index is 0.148. The van der Waals surface area contributed by atoms with E-state index >= 15 is 0 Å². The van der Waals surface area contributed by atoms with Crippen molar-refractivity contribution in [1.82, 2.24) is 9.78 Å². The molecular weight excluding hydrogens is 428 g/mol. The summed E-state index contributed by atoms with van der Waals surface area (Å²) in [6, 6.07) is 14.9. The van der Waals surface area contributed by atoms with Crippen molar-refractivity contribution in [2.24, 2.45) is 0 Å². The van der Waals surface area contributed by atoms with Crippen molar-refractivity contribution >= 4 is 35.1 Å². The normalized spacial score (nSPS) is 10.5. The van der Waals surface area contributed by atoms with Crippen LogP contribution < -0.4 is 20.1 Å². The van der Waals surface area contributed by atoms with Gasteiger partial charge in [0.1, 0.15) is 5.82 Å². The van der Waals surface area contributed by atoms with Gasteiger partial charge in [0.2, 0.25) is 11.8 Å². The molecule has 0 aliphatic heterocycles. The number of rotatable bonds is 10. The Balaban J connectivity index is 1.52. The Morgan fingerprint density at radius 2 is 1.75 bits per heavy atom. The maximum Gasteiger partial charge on any atom is 0.235 e. The molecule has 0 fully saturated rings. The second-order valence-electron chi connectivity index (χ2n) is 6.99. The topological polar surface area (TPSA) is 94.5 Å². The van der Waals surface area contributed by atoms with Crippen molar-refractivity contribution in [3.05, 3.63) is 65.9 Å². The van der Waals surface area contributed by atoms with E-state index in [1.807, 2.05) is 49.4 Å². The molecule has 0 bridgehead atoms. The summed E-state index contributed by atoms with van der Waals surface area (Å²) in [6.07, 6.45) is 1.62. The van der Waals surface area contributed by atoms with Crippen LogP contribution in [-0.2, 0) is 16.1 Å². The van der Waals surface area contributed by atoms with Gasteiger partial charge in [-0.2, -0.15) is 5.10 Å². The number of amides is 2. The zero-order chi connectivity index (χ0) is 22.9. The molecule has 3 aromatic rings. The monoisotopic (exact) mass is 454 g/mol. The van der Waals surface area contributed by atoms with Crippen LogP contribution in [0.2, 0.25) is 0 Å². The van der Waals surface area contributed by atoms with E-state index in [1.165, 1.54) is 11.8 Å². The average molecular weight is 455 g/mol. The van der Waals surface area contributed by atoms with Crippen LogP contribution in [0.3, 0.4) is 0 Å². The number of aromatic nitrogens is 2. The summed E-state index contributed by atoms with van der Waals surface area (Å²) in [5.41, 5.74) is 2.68. The van der Waals surface area contributed by atoms with Crippen molar-refractivity contribution in [3.63, 3.8) is 0 Å². The molecule has 8 nitrogen and oxygen atoms in total. The van der Waals surface area contributed by atoms with Gasteiger partial charge in [-0.3, -0.25) is 9.59 Å². The first kappa shape index (κ1) is 23.2. The number of methoxy groups -OCH3 is 2. The Morgan fingerprint density at radius 3 is 2.47 bits per heavy atom. The molecule has 0 spiro atoms. The molecule has 168 valence electrons. The van der Waals surface area contributed by atoms with Gasteiger partial charge in [-0.05, 0) is 30.7 Å². The maximum absolute atomic E-state index is 12.4. The van der Waals surface area contributed by atoms with Gasteiger partial charge in [-0.25, -0.2) is 4.68 Å². The zero-order valence-electron chi connectivity index (χ0n) is 18.3. The molecule has 0 unspecified atom stereocenters. The van der Waals surface area contributed by atoms with Crippen molar-refractivity contribution in [2.75, 3.05) is 36.4 Å². The smallest absolute Gasteiger partial charge is 0.235 e. The van der Waals surface area contributed by atoms with Gasteiger partial charge in [-0.15, -0.1) is 11.8 Å². The van der Waals surface area contributed by atoms with Gasteiger partial charge in [-0.1, -0.05) is 24.3 Å². The number of hydrogen-bond acceptors (Lipinski definition) is 6. The molecular formula is C23H26N4O4S. The van der Waals surface area contributed by atoms with Crippen LogP contribution in [0.25, 0.3) is 0 Å².